The van der Waals surface area contributed by atoms with Crippen molar-refractivity contribution < 1.29 is 19.1 Å². The first-order valence-corrected chi connectivity index (χ1v) is 10.8. The van der Waals surface area contributed by atoms with E-state index in [0.717, 1.165) is 48.3 Å². The molecule has 0 radical (unpaired) electrons. The number of esters is 1. The van der Waals surface area contributed by atoms with Crippen LogP contribution in [0.25, 0.3) is 6.08 Å². The number of carbonyl (C=O) groups excluding carboxylic acids is 2. The zero-order valence-corrected chi connectivity index (χ0v) is 17.9. The van der Waals surface area contributed by atoms with Crippen LogP contribution in [0.3, 0.4) is 0 Å². The smallest absolute Gasteiger partial charge is 0.341 e. The van der Waals surface area contributed by atoms with E-state index in [4.69, 9.17) is 9.47 Å². The molecule has 0 bridgehead atoms. The van der Waals surface area contributed by atoms with Gasteiger partial charge in [0.05, 0.1) is 19.3 Å². The van der Waals surface area contributed by atoms with Crippen LogP contribution in [0.2, 0.25) is 0 Å². The molecule has 0 aliphatic heterocycles. The molecule has 7 heteroatoms. The molecule has 1 aliphatic carbocycles. The molecule has 1 amide bonds. The van der Waals surface area contributed by atoms with Gasteiger partial charge in [0.1, 0.15) is 22.4 Å². The summed E-state index contributed by atoms with van der Waals surface area (Å²) in [6.45, 7) is 2.76. The number of nitrogens with one attached hydrogen (secondary N) is 1. The molecule has 0 saturated carbocycles. The SMILES string of the molecule is CCCCOc1ccc(/C=C(\C#N)C(=O)Nc2sc3c(c2C(=O)OC)CCC3)cc1. The van der Waals surface area contributed by atoms with Gasteiger partial charge in [0.25, 0.3) is 5.91 Å². The number of hydrogen-bond acceptors (Lipinski definition) is 6. The van der Waals surface area contributed by atoms with E-state index in [1.54, 1.807) is 12.1 Å². The van der Waals surface area contributed by atoms with Crippen molar-refractivity contribution in [3.05, 3.63) is 51.4 Å². The highest BCUT2D eigenvalue weighted by atomic mass is 32.1. The first kappa shape index (κ1) is 21.6. The van der Waals surface area contributed by atoms with Gasteiger partial charge in [-0.2, -0.15) is 5.26 Å². The molecule has 3 rings (SSSR count). The molecule has 0 saturated heterocycles. The lowest BCUT2D eigenvalue weighted by Crippen LogP contribution is -2.15. The van der Waals surface area contributed by atoms with Crippen molar-refractivity contribution >= 4 is 34.3 Å². The predicted octanol–water partition coefficient (Wildman–Crippen LogP) is 4.75. The number of anilines is 1. The number of amides is 1. The van der Waals surface area contributed by atoms with Gasteiger partial charge in [-0.1, -0.05) is 25.5 Å². The average molecular weight is 425 g/mol. The number of hydrogen-bond donors (Lipinski definition) is 1. The Balaban J connectivity index is 1.76. The number of nitriles is 1. The minimum absolute atomic E-state index is 0.0426. The minimum Gasteiger partial charge on any atom is -0.494 e. The predicted molar refractivity (Wildman–Crippen MR) is 117 cm³/mol. The Morgan fingerprint density at radius 3 is 2.70 bits per heavy atom. The van der Waals surface area contributed by atoms with Gasteiger partial charge in [0.2, 0.25) is 0 Å². The van der Waals surface area contributed by atoms with Crippen LogP contribution >= 0.6 is 11.3 Å². The summed E-state index contributed by atoms with van der Waals surface area (Å²) in [7, 11) is 1.32. The van der Waals surface area contributed by atoms with Crippen LogP contribution < -0.4 is 10.1 Å². The maximum absolute atomic E-state index is 12.7. The van der Waals surface area contributed by atoms with Crippen molar-refractivity contribution in [2.45, 2.75) is 39.0 Å². The van der Waals surface area contributed by atoms with Crippen molar-refractivity contribution in [3.63, 3.8) is 0 Å². The molecule has 0 unspecified atom stereocenters. The number of methoxy groups -OCH3 is 1. The number of nitrogens with zero attached hydrogens (tertiary/aromatic N) is 1. The summed E-state index contributed by atoms with van der Waals surface area (Å²) in [6, 6.07) is 9.17. The summed E-state index contributed by atoms with van der Waals surface area (Å²) in [5.74, 6) is -0.268. The van der Waals surface area contributed by atoms with Crippen molar-refractivity contribution in [1.82, 2.24) is 0 Å². The van der Waals surface area contributed by atoms with Crippen molar-refractivity contribution in [3.8, 4) is 11.8 Å². The molecular weight excluding hydrogens is 400 g/mol. The number of fused-ring (bicyclic) bond motifs is 1. The van der Waals surface area contributed by atoms with Crippen LogP contribution in [0, 0.1) is 11.3 Å². The van der Waals surface area contributed by atoms with Crippen LogP contribution in [0.5, 0.6) is 5.75 Å². The molecule has 0 spiro atoms. The lowest BCUT2D eigenvalue weighted by molar-refractivity contribution is -0.112. The van der Waals surface area contributed by atoms with Gasteiger partial charge in [0.15, 0.2) is 0 Å². The zero-order chi connectivity index (χ0) is 21.5. The first-order valence-electron chi connectivity index (χ1n) is 9.96. The fourth-order valence-electron chi connectivity index (χ4n) is 3.29. The summed E-state index contributed by atoms with van der Waals surface area (Å²) >= 11 is 1.38. The molecule has 0 atom stereocenters. The normalized spacial score (nSPS) is 12.8. The fraction of sp³-hybridized carbons (Fsp3) is 0.348. The van der Waals surface area contributed by atoms with E-state index >= 15 is 0 Å². The molecule has 2 aromatic rings. The molecule has 30 heavy (non-hydrogen) atoms. The van der Waals surface area contributed by atoms with Crippen LogP contribution in [-0.4, -0.2) is 25.6 Å². The van der Waals surface area contributed by atoms with Gasteiger partial charge < -0.3 is 14.8 Å². The van der Waals surface area contributed by atoms with Gasteiger partial charge >= 0.3 is 5.97 Å². The summed E-state index contributed by atoms with van der Waals surface area (Å²) < 4.78 is 10.5. The molecule has 1 N–H and O–H groups in total. The van der Waals surface area contributed by atoms with Gasteiger partial charge in [-0.25, -0.2) is 4.79 Å². The molecule has 156 valence electrons. The number of thiophene rings is 1. The van der Waals surface area contributed by atoms with E-state index in [1.807, 2.05) is 18.2 Å². The minimum atomic E-state index is -0.550. The Morgan fingerprint density at radius 2 is 2.03 bits per heavy atom. The number of ether oxygens (including phenoxy) is 2. The topological polar surface area (TPSA) is 88.4 Å². The molecule has 1 aromatic heterocycles. The summed E-state index contributed by atoms with van der Waals surface area (Å²) in [6.07, 6.45) is 6.23. The lowest BCUT2D eigenvalue weighted by Gasteiger charge is -2.07. The third-order valence-electron chi connectivity index (χ3n) is 4.86. The quantitative estimate of drug-likeness (QED) is 0.286. The van der Waals surface area contributed by atoms with Crippen molar-refractivity contribution in [2.24, 2.45) is 0 Å². The molecule has 1 heterocycles. The summed E-state index contributed by atoms with van der Waals surface area (Å²) in [4.78, 5) is 26.0. The molecule has 1 aliphatic rings. The van der Waals surface area contributed by atoms with E-state index in [1.165, 1.54) is 24.5 Å². The number of aryl methyl sites for hydroxylation is 1. The molecule has 0 fully saturated rings. The van der Waals surface area contributed by atoms with Crippen LogP contribution in [-0.2, 0) is 22.4 Å². The van der Waals surface area contributed by atoms with E-state index in [9.17, 15) is 14.9 Å². The third-order valence-corrected chi connectivity index (χ3v) is 6.07. The number of unbranched alkanes of at least 4 members (excludes halogenated alkanes) is 1. The lowest BCUT2D eigenvalue weighted by atomic mass is 10.1. The molecular formula is C23H24N2O4S. The van der Waals surface area contributed by atoms with E-state index in [2.05, 4.69) is 12.2 Å². The number of carbonyl (C=O) groups is 2. The maximum atomic E-state index is 12.7. The van der Waals surface area contributed by atoms with E-state index < -0.39 is 11.9 Å². The highest BCUT2D eigenvalue weighted by Gasteiger charge is 2.28. The largest absolute Gasteiger partial charge is 0.494 e. The Morgan fingerprint density at radius 1 is 1.27 bits per heavy atom. The van der Waals surface area contributed by atoms with Crippen LogP contribution in [0.1, 0.15) is 52.5 Å². The summed E-state index contributed by atoms with van der Waals surface area (Å²) in [5.41, 5.74) is 2.03. The monoisotopic (exact) mass is 424 g/mol. The first-order chi connectivity index (χ1) is 14.6. The standard InChI is InChI=1S/C23H24N2O4S/c1-3-4-12-29-17-10-8-15(9-11-17)13-16(14-24)21(26)25-22-20(23(27)28-2)18-6-5-7-19(18)30-22/h8-11,13H,3-7,12H2,1-2H3,(H,25,26)/b16-13+. The number of rotatable bonds is 8. The Kier molecular flexibility index (Phi) is 7.26. The second-order valence-electron chi connectivity index (χ2n) is 6.95. The van der Waals surface area contributed by atoms with Crippen LogP contribution in [0.15, 0.2) is 29.8 Å². The third kappa shape index (κ3) is 4.89. The Hall–Kier alpha value is -3.11. The van der Waals surface area contributed by atoms with E-state index in [0.29, 0.717) is 22.7 Å². The van der Waals surface area contributed by atoms with Crippen molar-refractivity contribution in [1.29, 1.82) is 5.26 Å². The molecule has 6 nitrogen and oxygen atoms in total. The zero-order valence-electron chi connectivity index (χ0n) is 17.1. The van der Waals surface area contributed by atoms with Gasteiger partial charge in [-0.3, -0.25) is 4.79 Å². The molecule has 1 aromatic carbocycles. The second kappa shape index (κ2) is 10.1. The highest BCUT2D eigenvalue weighted by Crippen LogP contribution is 2.39. The van der Waals surface area contributed by atoms with Gasteiger partial charge in [0, 0.05) is 4.88 Å². The maximum Gasteiger partial charge on any atom is 0.341 e. The Labute approximate surface area is 180 Å². The second-order valence-corrected chi connectivity index (χ2v) is 8.05. The highest BCUT2D eigenvalue weighted by molar-refractivity contribution is 7.17. The summed E-state index contributed by atoms with van der Waals surface area (Å²) in [5, 5.41) is 12.7. The van der Waals surface area contributed by atoms with Gasteiger partial charge in [-0.05, 0) is 55.0 Å². The van der Waals surface area contributed by atoms with E-state index in [-0.39, 0.29) is 5.57 Å². The van der Waals surface area contributed by atoms with Gasteiger partial charge in [-0.15, -0.1) is 11.3 Å². The fourth-order valence-corrected chi connectivity index (χ4v) is 4.56. The van der Waals surface area contributed by atoms with Crippen molar-refractivity contribution in [2.75, 3.05) is 19.0 Å². The number of benzene rings is 1. The average Bonchev–Trinajstić information content (AvgIpc) is 3.33. The Bertz CT molecular complexity index is 999. The van der Waals surface area contributed by atoms with Crippen LogP contribution in [0.4, 0.5) is 5.00 Å².